The molecular weight excluding hydrogens is 290 g/mol. The molecule has 0 spiro atoms. The van der Waals surface area contributed by atoms with Crippen molar-refractivity contribution in [3.8, 4) is 0 Å². The summed E-state index contributed by atoms with van der Waals surface area (Å²) in [7, 11) is -3.35. The first-order chi connectivity index (χ1) is 8.84. The fourth-order valence-electron chi connectivity index (χ4n) is 1.31. The lowest BCUT2D eigenvalue weighted by Crippen LogP contribution is -2.37. The van der Waals surface area contributed by atoms with Gasteiger partial charge >= 0.3 is 0 Å². The molecule has 0 bridgehead atoms. The quantitative estimate of drug-likeness (QED) is 0.654. The first kappa shape index (κ1) is 15.9. The van der Waals surface area contributed by atoms with Gasteiger partial charge in [0.1, 0.15) is 0 Å². The molecule has 1 heterocycles. The molecule has 0 saturated carbocycles. The van der Waals surface area contributed by atoms with Gasteiger partial charge in [0.2, 0.25) is 15.9 Å². The van der Waals surface area contributed by atoms with E-state index in [-0.39, 0.29) is 30.1 Å². The van der Waals surface area contributed by atoms with Gasteiger partial charge < -0.3 is 10.4 Å². The van der Waals surface area contributed by atoms with Crippen molar-refractivity contribution in [3.05, 3.63) is 11.1 Å². The molecule has 0 aliphatic carbocycles. The molecule has 1 amide bonds. The second-order valence-corrected chi connectivity index (χ2v) is 6.66. The SMILES string of the molecule is CC[C@@H](CO)NC(=O)Cc1csc(NS(C)(=O)=O)n1. The molecule has 0 aliphatic heterocycles. The minimum atomic E-state index is -3.35. The summed E-state index contributed by atoms with van der Waals surface area (Å²) in [6, 6.07) is -0.264. The van der Waals surface area contributed by atoms with Crippen molar-refractivity contribution < 1.29 is 18.3 Å². The van der Waals surface area contributed by atoms with Crippen molar-refractivity contribution in [1.82, 2.24) is 10.3 Å². The number of nitrogens with one attached hydrogen (secondary N) is 2. The summed E-state index contributed by atoms with van der Waals surface area (Å²) < 4.78 is 24.3. The van der Waals surface area contributed by atoms with E-state index in [4.69, 9.17) is 5.11 Å². The number of nitrogens with zero attached hydrogens (tertiary/aromatic N) is 1. The minimum Gasteiger partial charge on any atom is -0.394 e. The average molecular weight is 307 g/mol. The summed E-state index contributed by atoms with van der Waals surface area (Å²) in [6.45, 7) is 1.75. The van der Waals surface area contributed by atoms with Gasteiger partial charge in [-0.25, -0.2) is 13.4 Å². The predicted octanol–water partition coefficient (Wildman–Crippen LogP) is -0.0558. The van der Waals surface area contributed by atoms with Crippen LogP contribution in [0.2, 0.25) is 0 Å². The van der Waals surface area contributed by atoms with E-state index in [1.807, 2.05) is 6.92 Å². The first-order valence-corrected chi connectivity index (χ1v) is 8.43. The molecule has 0 aromatic carbocycles. The highest BCUT2D eigenvalue weighted by Gasteiger charge is 2.13. The summed E-state index contributed by atoms with van der Waals surface area (Å²) in [5, 5.41) is 13.5. The molecule has 7 nitrogen and oxygen atoms in total. The Morgan fingerprint density at radius 3 is 2.79 bits per heavy atom. The number of aromatic nitrogens is 1. The van der Waals surface area contributed by atoms with Crippen molar-refractivity contribution >= 4 is 32.4 Å². The zero-order valence-electron chi connectivity index (χ0n) is 10.7. The zero-order chi connectivity index (χ0) is 14.5. The van der Waals surface area contributed by atoms with Crippen molar-refractivity contribution in [2.75, 3.05) is 17.6 Å². The summed E-state index contributed by atoms with van der Waals surface area (Å²) >= 11 is 1.12. The molecule has 0 unspecified atom stereocenters. The molecule has 1 aromatic heterocycles. The maximum absolute atomic E-state index is 11.6. The lowest BCUT2D eigenvalue weighted by Gasteiger charge is -2.13. The van der Waals surface area contributed by atoms with E-state index in [0.717, 1.165) is 17.6 Å². The van der Waals surface area contributed by atoms with Crippen LogP contribution in [0.15, 0.2) is 5.38 Å². The molecule has 3 N–H and O–H groups in total. The molecule has 0 saturated heterocycles. The Kier molecular flexibility index (Phi) is 5.70. The number of anilines is 1. The van der Waals surface area contributed by atoms with Gasteiger partial charge in [0.25, 0.3) is 0 Å². The number of amides is 1. The molecule has 19 heavy (non-hydrogen) atoms. The molecule has 9 heteroatoms. The molecule has 1 rings (SSSR count). The standard InChI is InChI=1S/C10H17N3O4S2/c1-3-7(5-14)11-9(15)4-8-6-18-10(12-8)13-19(2,16)17/h6-7,14H,3-5H2,1-2H3,(H,11,15)(H,12,13)/t7-/m0/s1. The monoisotopic (exact) mass is 307 g/mol. The van der Waals surface area contributed by atoms with Crippen LogP contribution in [0.3, 0.4) is 0 Å². The van der Waals surface area contributed by atoms with Crippen molar-refractivity contribution in [1.29, 1.82) is 0 Å². The third-order valence-corrected chi connectivity index (χ3v) is 3.74. The van der Waals surface area contributed by atoms with Crippen LogP contribution in [0, 0.1) is 0 Å². The van der Waals surface area contributed by atoms with E-state index >= 15 is 0 Å². The normalized spacial score (nSPS) is 13.0. The van der Waals surface area contributed by atoms with E-state index in [9.17, 15) is 13.2 Å². The van der Waals surface area contributed by atoms with Gasteiger partial charge in [-0.1, -0.05) is 6.92 Å². The Balaban J connectivity index is 2.56. The van der Waals surface area contributed by atoms with E-state index < -0.39 is 10.0 Å². The van der Waals surface area contributed by atoms with Crippen LogP contribution in [0.1, 0.15) is 19.0 Å². The highest BCUT2D eigenvalue weighted by atomic mass is 32.2. The third-order valence-electron chi connectivity index (χ3n) is 2.24. The van der Waals surface area contributed by atoms with Gasteiger partial charge in [0, 0.05) is 5.38 Å². The lowest BCUT2D eigenvalue weighted by molar-refractivity contribution is -0.121. The van der Waals surface area contributed by atoms with E-state index in [0.29, 0.717) is 12.1 Å². The second-order valence-electron chi connectivity index (χ2n) is 4.05. The number of carbonyl (C=O) groups excluding carboxylic acids is 1. The molecule has 0 aliphatic rings. The molecule has 1 aromatic rings. The molecule has 1 atom stereocenters. The summed E-state index contributed by atoms with van der Waals surface area (Å²) in [4.78, 5) is 15.6. The van der Waals surface area contributed by atoms with Crippen molar-refractivity contribution in [2.24, 2.45) is 0 Å². The summed E-state index contributed by atoms with van der Waals surface area (Å²) in [5.41, 5.74) is 0.487. The lowest BCUT2D eigenvalue weighted by atomic mass is 10.2. The van der Waals surface area contributed by atoms with Crippen LogP contribution >= 0.6 is 11.3 Å². The van der Waals surface area contributed by atoms with Crippen LogP contribution in [-0.2, 0) is 21.2 Å². The zero-order valence-corrected chi connectivity index (χ0v) is 12.3. The highest BCUT2D eigenvalue weighted by Crippen LogP contribution is 2.16. The Hall–Kier alpha value is -1.19. The van der Waals surface area contributed by atoms with Gasteiger partial charge in [0.15, 0.2) is 5.13 Å². The van der Waals surface area contributed by atoms with Gasteiger partial charge in [-0.15, -0.1) is 11.3 Å². The van der Waals surface area contributed by atoms with Crippen LogP contribution in [0.4, 0.5) is 5.13 Å². The first-order valence-electron chi connectivity index (χ1n) is 5.66. The number of hydrogen-bond donors (Lipinski definition) is 3. The minimum absolute atomic E-state index is 0.0540. The molecule has 0 radical (unpaired) electrons. The van der Waals surface area contributed by atoms with E-state index in [1.165, 1.54) is 0 Å². The Morgan fingerprint density at radius 2 is 2.26 bits per heavy atom. The number of aliphatic hydroxyl groups is 1. The van der Waals surface area contributed by atoms with Crippen LogP contribution in [0.5, 0.6) is 0 Å². The Bertz CT molecular complexity index is 523. The fourth-order valence-corrected chi connectivity index (χ4v) is 2.88. The van der Waals surface area contributed by atoms with Crippen molar-refractivity contribution in [3.63, 3.8) is 0 Å². The number of hydrogen-bond acceptors (Lipinski definition) is 6. The number of thiazole rings is 1. The summed E-state index contributed by atoms with van der Waals surface area (Å²) in [6.07, 6.45) is 1.73. The van der Waals surface area contributed by atoms with E-state index in [1.54, 1.807) is 5.38 Å². The Labute approximate surface area is 116 Å². The van der Waals surface area contributed by atoms with E-state index in [2.05, 4.69) is 15.0 Å². The van der Waals surface area contributed by atoms with Gasteiger partial charge in [-0.05, 0) is 6.42 Å². The third kappa shape index (κ3) is 5.99. The van der Waals surface area contributed by atoms with Gasteiger partial charge in [0.05, 0.1) is 31.0 Å². The maximum atomic E-state index is 11.6. The highest BCUT2D eigenvalue weighted by molar-refractivity contribution is 7.92. The smallest absolute Gasteiger partial charge is 0.231 e. The van der Waals surface area contributed by atoms with Crippen LogP contribution < -0.4 is 10.0 Å². The van der Waals surface area contributed by atoms with Crippen LogP contribution in [-0.4, -0.2) is 43.3 Å². The summed E-state index contributed by atoms with van der Waals surface area (Å²) in [5.74, 6) is -0.253. The van der Waals surface area contributed by atoms with Crippen LogP contribution in [0.25, 0.3) is 0 Å². The second kappa shape index (κ2) is 6.83. The molecule has 0 fully saturated rings. The fraction of sp³-hybridized carbons (Fsp3) is 0.600. The number of sulfonamides is 1. The molecular formula is C10H17N3O4S2. The van der Waals surface area contributed by atoms with Gasteiger partial charge in [-0.2, -0.15) is 0 Å². The largest absolute Gasteiger partial charge is 0.394 e. The molecule has 108 valence electrons. The van der Waals surface area contributed by atoms with Crippen molar-refractivity contribution in [2.45, 2.75) is 25.8 Å². The Morgan fingerprint density at radius 1 is 1.58 bits per heavy atom. The predicted molar refractivity (Wildman–Crippen MR) is 73.6 cm³/mol. The number of carbonyl (C=O) groups is 1. The topological polar surface area (TPSA) is 108 Å². The van der Waals surface area contributed by atoms with Gasteiger partial charge in [-0.3, -0.25) is 9.52 Å². The number of rotatable bonds is 7. The number of aliphatic hydroxyl groups excluding tert-OH is 1. The average Bonchev–Trinajstić information content (AvgIpc) is 2.70. The maximum Gasteiger partial charge on any atom is 0.231 e.